The van der Waals surface area contributed by atoms with Gasteiger partial charge in [0.25, 0.3) is 5.91 Å². The quantitative estimate of drug-likeness (QED) is 0.552. The van der Waals surface area contributed by atoms with Crippen LogP contribution in [0.1, 0.15) is 40.6 Å². The molecule has 7 heteroatoms. The minimum Gasteiger partial charge on any atom is -0.389 e. The van der Waals surface area contributed by atoms with E-state index in [0.29, 0.717) is 48.0 Å². The molecule has 172 valence electrons. The van der Waals surface area contributed by atoms with E-state index >= 15 is 0 Å². The summed E-state index contributed by atoms with van der Waals surface area (Å²) in [5.41, 5.74) is 1.60. The minimum atomic E-state index is -0.951. The Hall–Kier alpha value is -2.15. The molecule has 3 aromatic carbocycles. The normalized spacial score (nSPS) is 20.4. The van der Waals surface area contributed by atoms with Crippen LogP contribution < -0.4 is 0 Å². The summed E-state index contributed by atoms with van der Waals surface area (Å²) in [5.74, 6) is -0.139. The van der Waals surface area contributed by atoms with Crippen molar-refractivity contribution in [3.05, 3.63) is 81.3 Å². The van der Waals surface area contributed by atoms with Gasteiger partial charge in [-0.3, -0.25) is 4.79 Å². The van der Waals surface area contributed by atoms with Crippen LogP contribution in [0.25, 0.3) is 10.8 Å². The highest BCUT2D eigenvalue weighted by molar-refractivity contribution is 6.42. The van der Waals surface area contributed by atoms with E-state index in [4.69, 9.17) is 23.2 Å². The van der Waals surface area contributed by atoms with Crippen LogP contribution >= 0.6 is 23.2 Å². The molecule has 33 heavy (non-hydrogen) atoms. The summed E-state index contributed by atoms with van der Waals surface area (Å²) >= 11 is 12.1. The van der Waals surface area contributed by atoms with Crippen LogP contribution in [0.5, 0.6) is 0 Å². The molecule has 0 aliphatic carbocycles. The molecule has 0 saturated carbocycles. The van der Waals surface area contributed by atoms with Crippen LogP contribution in [0.4, 0.5) is 0 Å². The first kappa shape index (κ1) is 22.6. The van der Waals surface area contributed by atoms with E-state index < -0.39 is 11.8 Å². The van der Waals surface area contributed by atoms with Crippen molar-refractivity contribution >= 4 is 39.9 Å². The Kier molecular flexibility index (Phi) is 6.10. The lowest BCUT2D eigenvalue weighted by atomic mass is 9.85. The van der Waals surface area contributed by atoms with Crippen molar-refractivity contribution < 1.29 is 15.0 Å². The van der Waals surface area contributed by atoms with Gasteiger partial charge >= 0.3 is 0 Å². The maximum atomic E-state index is 13.1. The van der Waals surface area contributed by atoms with Gasteiger partial charge in [-0.25, -0.2) is 0 Å². The number of rotatable bonds is 5. The van der Waals surface area contributed by atoms with Gasteiger partial charge in [0.05, 0.1) is 15.6 Å². The first-order chi connectivity index (χ1) is 15.8. The summed E-state index contributed by atoms with van der Waals surface area (Å²) in [6, 6.07) is 16.9. The van der Waals surface area contributed by atoms with Crippen molar-refractivity contribution in [2.24, 2.45) is 0 Å². The highest BCUT2D eigenvalue weighted by Crippen LogP contribution is 2.36. The number of carbonyl (C=O) groups excluding carboxylic acids is 1. The third-order valence-electron chi connectivity index (χ3n) is 6.96. The summed E-state index contributed by atoms with van der Waals surface area (Å²) in [4.78, 5) is 16.9. The maximum Gasteiger partial charge on any atom is 0.256 e. The van der Waals surface area contributed by atoms with Crippen molar-refractivity contribution in [1.82, 2.24) is 9.80 Å². The largest absolute Gasteiger partial charge is 0.389 e. The molecule has 2 N–H and O–H groups in total. The zero-order valence-electron chi connectivity index (χ0n) is 18.2. The molecule has 0 radical (unpaired) electrons. The lowest BCUT2D eigenvalue weighted by Crippen LogP contribution is -2.49. The predicted molar refractivity (Wildman–Crippen MR) is 131 cm³/mol. The average molecular weight is 485 g/mol. The molecule has 2 aliphatic rings. The van der Waals surface area contributed by atoms with Gasteiger partial charge in [-0.15, -0.1) is 0 Å². The molecule has 3 aromatic rings. The molecule has 1 fully saturated rings. The molecular formula is C26H26Cl2N2O3. The molecule has 0 spiro atoms. The SMILES string of the molecule is O=C1c2cccc3cccc(c23)C(O)N1CCN1CCC(O)(Cc2ccc(Cl)c(Cl)c2)CC1. The highest BCUT2D eigenvalue weighted by Gasteiger charge is 2.35. The van der Waals surface area contributed by atoms with Crippen LogP contribution in [-0.4, -0.2) is 57.7 Å². The van der Waals surface area contributed by atoms with Gasteiger partial charge in [-0.1, -0.05) is 59.6 Å². The van der Waals surface area contributed by atoms with Gasteiger partial charge in [0.15, 0.2) is 6.23 Å². The van der Waals surface area contributed by atoms with Gasteiger partial charge in [-0.05, 0) is 42.0 Å². The Labute approximate surface area is 203 Å². The zero-order chi connectivity index (χ0) is 23.2. The number of benzene rings is 3. The molecule has 0 bridgehead atoms. The van der Waals surface area contributed by atoms with E-state index in [-0.39, 0.29) is 5.91 Å². The van der Waals surface area contributed by atoms with Crippen molar-refractivity contribution in [3.8, 4) is 0 Å². The topological polar surface area (TPSA) is 64.0 Å². The number of amides is 1. The van der Waals surface area contributed by atoms with Gasteiger partial charge in [0, 0.05) is 49.1 Å². The van der Waals surface area contributed by atoms with Gasteiger partial charge < -0.3 is 20.0 Å². The van der Waals surface area contributed by atoms with Crippen molar-refractivity contribution in [2.75, 3.05) is 26.2 Å². The van der Waals surface area contributed by atoms with Gasteiger partial charge in [-0.2, -0.15) is 0 Å². The van der Waals surface area contributed by atoms with Crippen molar-refractivity contribution in [2.45, 2.75) is 31.1 Å². The molecule has 1 atom stereocenters. The monoisotopic (exact) mass is 484 g/mol. The Balaban J connectivity index is 1.21. The van der Waals surface area contributed by atoms with Crippen molar-refractivity contribution in [1.29, 1.82) is 0 Å². The number of aliphatic hydroxyl groups excluding tert-OH is 1. The molecule has 1 unspecified atom stereocenters. The number of piperidine rings is 1. The van der Waals surface area contributed by atoms with Crippen LogP contribution in [-0.2, 0) is 6.42 Å². The first-order valence-electron chi connectivity index (χ1n) is 11.2. The van der Waals surface area contributed by atoms with Crippen molar-refractivity contribution in [3.63, 3.8) is 0 Å². The third kappa shape index (κ3) is 4.36. The van der Waals surface area contributed by atoms with Crippen LogP contribution in [0.2, 0.25) is 10.0 Å². The number of carbonyl (C=O) groups is 1. The number of nitrogens with zero attached hydrogens (tertiary/aromatic N) is 2. The second-order valence-corrected chi connectivity index (χ2v) is 9.93. The van der Waals surface area contributed by atoms with Crippen LogP contribution in [0.15, 0.2) is 54.6 Å². The summed E-state index contributed by atoms with van der Waals surface area (Å²) in [5, 5.41) is 24.9. The van der Waals surface area contributed by atoms with E-state index in [0.717, 1.165) is 35.0 Å². The summed E-state index contributed by atoms with van der Waals surface area (Å²) in [6.45, 7) is 2.52. The zero-order valence-corrected chi connectivity index (χ0v) is 19.7. The Morgan fingerprint density at radius 1 is 0.970 bits per heavy atom. The number of hydrogen-bond acceptors (Lipinski definition) is 4. The number of hydrogen-bond donors (Lipinski definition) is 2. The van der Waals surface area contributed by atoms with Gasteiger partial charge in [0.2, 0.25) is 0 Å². The maximum absolute atomic E-state index is 13.1. The number of likely N-dealkylation sites (tertiary alicyclic amines) is 1. The molecule has 0 aromatic heterocycles. The van der Waals surface area contributed by atoms with E-state index in [1.54, 1.807) is 11.0 Å². The second-order valence-electron chi connectivity index (χ2n) is 9.11. The molecule has 2 heterocycles. The van der Waals surface area contributed by atoms with E-state index in [9.17, 15) is 15.0 Å². The standard InChI is InChI=1S/C26H26Cl2N2O3/c27-21-8-7-17(15-22(21)28)16-26(33)9-11-29(12-10-26)13-14-30-24(31)19-5-1-3-18-4-2-6-20(23(18)19)25(30)32/h1-8,15,24,31,33H,9-14,16H2. The number of aliphatic hydroxyl groups is 2. The lowest BCUT2D eigenvalue weighted by Gasteiger charge is -2.40. The summed E-state index contributed by atoms with van der Waals surface area (Å²) in [7, 11) is 0. The van der Waals surface area contributed by atoms with Gasteiger partial charge in [0.1, 0.15) is 0 Å². The molecule has 1 amide bonds. The Bertz CT molecular complexity index is 1200. The fourth-order valence-electron chi connectivity index (χ4n) is 5.07. The average Bonchev–Trinajstić information content (AvgIpc) is 2.81. The fourth-order valence-corrected chi connectivity index (χ4v) is 5.39. The van der Waals surface area contributed by atoms with E-state index in [1.807, 2.05) is 48.5 Å². The van der Waals surface area contributed by atoms with Crippen LogP contribution in [0.3, 0.4) is 0 Å². The number of halogens is 2. The smallest absolute Gasteiger partial charge is 0.256 e. The summed E-state index contributed by atoms with van der Waals surface area (Å²) in [6.07, 6.45) is 0.840. The highest BCUT2D eigenvalue weighted by atomic mass is 35.5. The molecule has 5 nitrogen and oxygen atoms in total. The molecule has 1 saturated heterocycles. The molecule has 5 rings (SSSR count). The van der Waals surface area contributed by atoms with Crippen LogP contribution in [0, 0.1) is 0 Å². The molecule has 2 aliphatic heterocycles. The first-order valence-corrected chi connectivity index (χ1v) is 12.0. The Morgan fingerprint density at radius 3 is 2.42 bits per heavy atom. The van der Waals surface area contributed by atoms with E-state index in [1.165, 1.54) is 0 Å². The lowest BCUT2D eigenvalue weighted by molar-refractivity contribution is -0.0295. The second kappa shape index (κ2) is 8.90. The molecular weight excluding hydrogens is 459 g/mol. The van der Waals surface area contributed by atoms with E-state index in [2.05, 4.69) is 4.90 Å². The summed E-state index contributed by atoms with van der Waals surface area (Å²) < 4.78 is 0. The third-order valence-corrected chi connectivity index (χ3v) is 7.70. The fraction of sp³-hybridized carbons (Fsp3) is 0.346. The predicted octanol–water partition coefficient (Wildman–Crippen LogP) is 4.66. The minimum absolute atomic E-state index is 0.139. The Morgan fingerprint density at radius 2 is 1.70 bits per heavy atom.